The Hall–Kier alpha value is -2.70. The van der Waals surface area contributed by atoms with E-state index in [1.807, 2.05) is 0 Å². The zero-order chi connectivity index (χ0) is 14.7. The maximum Gasteiger partial charge on any atom is 0.252 e. The number of imide groups is 1. The van der Waals surface area contributed by atoms with E-state index in [-0.39, 0.29) is 29.9 Å². The number of amides is 3. The summed E-state index contributed by atoms with van der Waals surface area (Å²) in [4.78, 5) is 45.5. The van der Waals surface area contributed by atoms with Gasteiger partial charge in [-0.2, -0.15) is 0 Å². The van der Waals surface area contributed by atoms with E-state index in [0.29, 0.717) is 12.0 Å². The highest BCUT2D eigenvalue weighted by Crippen LogP contribution is 2.13. The number of anilines is 1. The van der Waals surface area contributed by atoms with Crippen LogP contribution in [0.5, 0.6) is 0 Å². The first-order valence-corrected chi connectivity index (χ1v) is 6.00. The van der Waals surface area contributed by atoms with E-state index in [9.17, 15) is 19.2 Å². The molecule has 1 heterocycles. The van der Waals surface area contributed by atoms with E-state index in [2.05, 4.69) is 10.6 Å². The summed E-state index contributed by atoms with van der Waals surface area (Å²) in [5.41, 5.74) is 6.18. The molecule has 2 rings (SSSR count). The van der Waals surface area contributed by atoms with Gasteiger partial charge in [-0.1, -0.05) is 0 Å². The van der Waals surface area contributed by atoms with Gasteiger partial charge in [0.15, 0.2) is 6.29 Å². The van der Waals surface area contributed by atoms with Crippen LogP contribution in [0, 0.1) is 0 Å². The normalized spacial score (nSPS) is 18.3. The van der Waals surface area contributed by atoms with Crippen LogP contribution in [0.2, 0.25) is 0 Å². The van der Waals surface area contributed by atoms with E-state index in [1.54, 1.807) is 0 Å². The number of hydrogen-bond acceptors (Lipinski definition) is 5. The molecule has 7 nitrogen and oxygen atoms in total. The second kappa shape index (κ2) is 5.52. The molecule has 0 aliphatic carbocycles. The summed E-state index contributed by atoms with van der Waals surface area (Å²) in [6, 6.07) is 3.51. The fraction of sp³-hybridized carbons (Fsp3) is 0.231. The van der Waals surface area contributed by atoms with Gasteiger partial charge in [0, 0.05) is 23.2 Å². The molecule has 1 unspecified atom stereocenters. The number of nitrogen functional groups attached to an aromatic ring is 1. The SMILES string of the molecule is Nc1ccc(C(=O)NC2CCC(=O)NC2=O)c(C=O)c1. The summed E-state index contributed by atoms with van der Waals surface area (Å²) in [6.07, 6.45) is 0.927. The minimum atomic E-state index is -0.780. The minimum Gasteiger partial charge on any atom is -0.399 e. The lowest BCUT2D eigenvalue weighted by Crippen LogP contribution is -2.52. The zero-order valence-electron chi connectivity index (χ0n) is 10.5. The monoisotopic (exact) mass is 275 g/mol. The minimum absolute atomic E-state index is 0.138. The van der Waals surface area contributed by atoms with E-state index in [1.165, 1.54) is 18.2 Å². The standard InChI is InChI=1S/C13H13N3O4/c14-8-1-2-9(7(5-8)6-17)12(19)15-10-3-4-11(18)16-13(10)20/h1-2,5-6,10H,3-4,14H2,(H,15,19)(H,16,18,20). The van der Waals surface area contributed by atoms with Crippen molar-refractivity contribution < 1.29 is 19.2 Å². The molecule has 1 aromatic rings. The molecule has 0 saturated carbocycles. The molecule has 1 aliphatic rings. The van der Waals surface area contributed by atoms with Crippen molar-refractivity contribution in [3.05, 3.63) is 29.3 Å². The van der Waals surface area contributed by atoms with Crippen LogP contribution < -0.4 is 16.4 Å². The van der Waals surface area contributed by atoms with Crippen molar-refractivity contribution in [2.45, 2.75) is 18.9 Å². The van der Waals surface area contributed by atoms with Crippen LogP contribution in [0.15, 0.2) is 18.2 Å². The van der Waals surface area contributed by atoms with Crippen LogP contribution in [-0.2, 0) is 9.59 Å². The quantitative estimate of drug-likeness (QED) is 0.394. The number of carbonyl (C=O) groups excluding carboxylic acids is 4. The third-order valence-corrected chi connectivity index (χ3v) is 2.99. The lowest BCUT2D eigenvalue weighted by Gasteiger charge is -2.22. The highest BCUT2D eigenvalue weighted by molar-refractivity contribution is 6.06. The fourth-order valence-electron chi connectivity index (χ4n) is 1.95. The van der Waals surface area contributed by atoms with Crippen molar-refractivity contribution in [1.82, 2.24) is 10.6 Å². The van der Waals surface area contributed by atoms with Gasteiger partial charge < -0.3 is 11.1 Å². The van der Waals surface area contributed by atoms with E-state index < -0.39 is 17.9 Å². The third kappa shape index (κ3) is 2.82. The third-order valence-electron chi connectivity index (χ3n) is 2.99. The Labute approximate surface area is 114 Å². The Bertz CT molecular complexity index is 597. The highest BCUT2D eigenvalue weighted by Gasteiger charge is 2.28. The largest absolute Gasteiger partial charge is 0.399 e. The van der Waals surface area contributed by atoms with Crippen molar-refractivity contribution in [2.75, 3.05) is 5.73 Å². The van der Waals surface area contributed by atoms with Crippen LogP contribution in [0.25, 0.3) is 0 Å². The molecule has 1 saturated heterocycles. The van der Waals surface area contributed by atoms with Gasteiger partial charge in [0.05, 0.1) is 0 Å². The predicted octanol–water partition coefficient (Wildman–Crippen LogP) is -0.384. The van der Waals surface area contributed by atoms with Gasteiger partial charge in [-0.25, -0.2) is 0 Å². The van der Waals surface area contributed by atoms with Crippen molar-refractivity contribution in [3.63, 3.8) is 0 Å². The number of benzene rings is 1. The lowest BCUT2D eigenvalue weighted by atomic mass is 10.0. The van der Waals surface area contributed by atoms with E-state index in [4.69, 9.17) is 5.73 Å². The van der Waals surface area contributed by atoms with Gasteiger partial charge in [0.2, 0.25) is 11.8 Å². The molecule has 7 heteroatoms. The molecule has 1 aromatic carbocycles. The maximum absolute atomic E-state index is 12.1. The first kappa shape index (κ1) is 13.7. The number of rotatable bonds is 3. The predicted molar refractivity (Wildman–Crippen MR) is 69.9 cm³/mol. The first-order valence-electron chi connectivity index (χ1n) is 6.00. The highest BCUT2D eigenvalue weighted by atomic mass is 16.2. The average Bonchev–Trinajstić information content (AvgIpc) is 2.41. The molecule has 1 atom stereocenters. The Balaban J connectivity index is 2.14. The smallest absolute Gasteiger partial charge is 0.252 e. The van der Waals surface area contributed by atoms with Gasteiger partial charge >= 0.3 is 0 Å². The number of hydrogen-bond donors (Lipinski definition) is 3. The van der Waals surface area contributed by atoms with Gasteiger partial charge in [-0.3, -0.25) is 24.5 Å². The van der Waals surface area contributed by atoms with Gasteiger partial charge in [0.1, 0.15) is 6.04 Å². The van der Waals surface area contributed by atoms with Crippen LogP contribution in [0.4, 0.5) is 5.69 Å². The Morgan fingerprint density at radius 1 is 1.40 bits per heavy atom. The summed E-state index contributed by atoms with van der Waals surface area (Å²) in [5.74, 6) is -1.46. The molecule has 104 valence electrons. The van der Waals surface area contributed by atoms with Crippen LogP contribution in [0.3, 0.4) is 0 Å². The first-order chi connectivity index (χ1) is 9.51. The molecule has 0 spiro atoms. The van der Waals surface area contributed by atoms with Crippen LogP contribution in [0.1, 0.15) is 33.6 Å². The Morgan fingerprint density at radius 2 is 2.15 bits per heavy atom. The zero-order valence-corrected chi connectivity index (χ0v) is 10.5. The number of aldehydes is 1. The van der Waals surface area contributed by atoms with Crippen molar-refractivity contribution in [1.29, 1.82) is 0 Å². The second-order valence-corrected chi connectivity index (χ2v) is 4.44. The molecule has 0 aromatic heterocycles. The topological polar surface area (TPSA) is 118 Å². The number of nitrogens with one attached hydrogen (secondary N) is 2. The molecule has 1 fully saturated rings. The van der Waals surface area contributed by atoms with Gasteiger partial charge in [-0.15, -0.1) is 0 Å². The second-order valence-electron chi connectivity index (χ2n) is 4.44. The Kier molecular flexibility index (Phi) is 3.79. The molecule has 4 N–H and O–H groups in total. The molecule has 0 radical (unpaired) electrons. The van der Waals surface area contributed by atoms with E-state index >= 15 is 0 Å². The molecular formula is C13H13N3O4. The fourth-order valence-corrected chi connectivity index (χ4v) is 1.95. The molecular weight excluding hydrogens is 262 g/mol. The number of carbonyl (C=O) groups is 4. The van der Waals surface area contributed by atoms with Crippen molar-refractivity contribution in [3.8, 4) is 0 Å². The Morgan fingerprint density at radius 3 is 2.80 bits per heavy atom. The molecule has 3 amide bonds. The summed E-state index contributed by atoms with van der Waals surface area (Å²) in [7, 11) is 0. The number of piperidine rings is 1. The summed E-state index contributed by atoms with van der Waals surface area (Å²) >= 11 is 0. The van der Waals surface area contributed by atoms with Crippen molar-refractivity contribution in [2.24, 2.45) is 0 Å². The van der Waals surface area contributed by atoms with Crippen LogP contribution >= 0.6 is 0 Å². The molecule has 0 bridgehead atoms. The lowest BCUT2D eigenvalue weighted by molar-refractivity contribution is -0.134. The average molecular weight is 275 g/mol. The molecule has 1 aliphatic heterocycles. The van der Waals surface area contributed by atoms with E-state index in [0.717, 1.165) is 0 Å². The van der Waals surface area contributed by atoms with Gasteiger partial charge in [0.25, 0.3) is 5.91 Å². The van der Waals surface area contributed by atoms with Crippen molar-refractivity contribution >= 4 is 29.7 Å². The summed E-state index contributed by atoms with van der Waals surface area (Å²) in [6.45, 7) is 0. The summed E-state index contributed by atoms with van der Waals surface area (Å²) in [5, 5.41) is 4.64. The maximum atomic E-state index is 12.1. The summed E-state index contributed by atoms with van der Waals surface area (Å²) < 4.78 is 0. The number of nitrogens with two attached hydrogens (primary N) is 1. The van der Waals surface area contributed by atoms with Gasteiger partial charge in [-0.05, 0) is 24.6 Å². The molecule has 20 heavy (non-hydrogen) atoms. The van der Waals surface area contributed by atoms with Crippen LogP contribution in [-0.4, -0.2) is 30.0 Å².